The van der Waals surface area contributed by atoms with Gasteiger partial charge in [0, 0.05) is 16.6 Å². The van der Waals surface area contributed by atoms with Crippen molar-refractivity contribution in [2.24, 2.45) is 0 Å². The van der Waals surface area contributed by atoms with Gasteiger partial charge in [0.15, 0.2) is 0 Å². The first-order chi connectivity index (χ1) is 9.47. The minimum atomic E-state index is -0.425. The summed E-state index contributed by atoms with van der Waals surface area (Å²) in [6.45, 7) is 3.45. The summed E-state index contributed by atoms with van der Waals surface area (Å²) >= 11 is 1.05. The highest BCUT2D eigenvalue weighted by Gasteiger charge is 2.14. The summed E-state index contributed by atoms with van der Waals surface area (Å²) in [5, 5.41) is 1.72. The number of anilines is 1. The molecule has 0 aliphatic rings. The maximum Gasteiger partial charge on any atom is 0.326 e. The molecule has 0 fully saturated rings. The number of rotatable bonds is 4. The van der Waals surface area contributed by atoms with E-state index in [1.165, 1.54) is 4.57 Å². The molecule has 5 nitrogen and oxygen atoms in total. The minimum Gasteiger partial charge on any atom is -0.462 e. The number of esters is 1. The Balaban J connectivity index is 2.33. The monoisotopic (exact) mass is 292 g/mol. The summed E-state index contributed by atoms with van der Waals surface area (Å²) in [4.78, 5) is 23.4. The van der Waals surface area contributed by atoms with E-state index in [4.69, 9.17) is 10.5 Å². The van der Waals surface area contributed by atoms with Crippen LogP contribution in [-0.2, 0) is 16.1 Å². The molecule has 2 rings (SSSR count). The Morgan fingerprint density at radius 1 is 1.45 bits per heavy atom. The molecule has 0 bridgehead atoms. The van der Waals surface area contributed by atoms with E-state index in [0.717, 1.165) is 16.9 Å². The molecule has 0 saturated carbocycles. The third-order valence-electron chi connectivity index (χ3n) is 2.62. The zero-order valence-electron chi connectivity index (χ0n) is 11.3. The second-order valence-electron chi connectivity index (χ2n) is 4.64. The Morgan fingerprint density at radius 2 is 2.20 bits per heavy atom. The van der Waals surface area contributed by atoms with E-state index in [9.17, 15) is 9.59 Å². The molecule has 106 valence electrons. The van der Waals surface area contributed by atoms with Crippen LogP contribution in [0.1, 0.15) is 13.8 Å². The number of hydrogen-bond donors (Lipinski definition) is 1. The highest BCUT2D eigenvalue weighted by molar-refractivity contribution is 7.07. The van der Waals surface area contributed by atoms with Crippen molar-refractivity contribution in [2.45, 2.75) is 26.5 Å². The predicted molar refractivity (Wildman–Crippen MR) is 79.7 cm³/mol. The van der Waals surface area contributed by atoms with Gasteiger partial charge in [-0.2, -0.15) is 0 Å². The lowest BCUT2D eigenvalue weighted by Gasteiger charge is -2.10. The van der Waals surface area contributed by atoms with E-state index >= 15 is 0 Å². The van der Waals surface area contributed by atoms with E-state index in [-0.39, 0.29) is 17.5 Å². The van der Waals surface area contributed by atoms with Gasteiger partial charge in [0.2, 0.25) is 0 Å². The molecule has 6 heteroatoms. The van der Waals surface area contributed by atoms with Crippen molar-refractivity contribution in [1.82, 2.24) is 4.57 Å². The number of nitrogen functional groups attached to an aromatic ring is 1. The van der Waals surface area contributed by atoms with Gasteiger partial charge in [0.25, 0.3) is 0 Å². The van der Waals surface area contributed by atoms with E-state index in [0.29, 0.717) is 11.4 Å². The molecule has 1 aromatic carbocycles. The molecule has 0 saturated heterocycles. The van der Waals surface area contributed by atoms with Crippen molar-refractivity contribution in [1.29, 1.82) is 0 Å². The summed E-state index contributed by atoms with van der Waals surface area (Å²) in [7, 11) is 0. The lowest BCUT2D eigenvalue weighted by Crippen LogP contribution is -2.23. The molecule has 1 heterocycles. The average Bonchev–Trinajstić information content (AvgIpc) is 2.70. The molecule has 2 N–H and O–H groups in total. The van der Waals surface area contributed by atoms with Crippen LogP contribution in [0.2, 0.25) is 0 Å². The molecule has 1 aromatic heterocycles. The van der Waals surface area contributed by atoms with E-state index in [1.54, 1.807) is 31.4 Å². The van der Waals surface area contributed by atoms with Gasteiger partial charge in [0.05, 0.1) is 11.8 Å². The summed E-state index contributed by atoms with van der Waals surface area (Å²) in [6, 6.07) is 7.20. The zero-order chi connectivity index (χ0) is 14.7. The van der Waals surface area contributed by atoms with Crippen LogP contribution >= 0.6 is 11.3 Å². The molecule has 0 amide bonds. The highest BCUT2D eigenvalue weighted by Crippen LogP contribution is 2.22. The molecule has 0 atom stereocenters. The third kappa shape index (κ3) is 3.27. The van der Waals surface area contributed by atoms with Crippen LogP contribution in [0.25, 0.3) is 11.3 Å². The maximum absolute atomic E-state index is 11.9. The standard InChI is InChI=1S/C14H16N2O3S/c1-9(2)19-13(17)7-16-12(8-20-14(16)18)10-4-3-5-11(15)6-10/h3-6,8-9H,7,15H2,1-2H3. The van der Waals surface area contributed by atoms with E-state index < -0.39 is 5.97 Å². The van der Waals surface area contributed by atoms with Crippen molar-refractivity contribution in [2.75, 3.05) is 5.73 Å². The van der Waals surface area contributed by atoms with Crippen LogP contribution in [0.5, 0.6) is 0 Å². The number of aromatic nitrogens is 1. The molecule has 0 aliphatic heterocycles. The van der Waals surface area contributed by atoms with Gasteiger partial charge in [-0.25, -0.2) is 0 Å². The molecule has 20 heavy (non-hydrogen) atoms. The number of nitrogens with zero attached hydrogens (tertiary/aromatic N) is 1. The van der Waals surface area contributed by atoms with Crippen LogP contribution in [-0.4, -0.2) is 16.6 Å². The molecule has 0 aliphatic carbocycles. The fraction of sp³-hybridized carbons (Fsp3) is 0.286. The Hall–Kier alpha value is -2.08. The van der Waals surface area contributed by atoms with Gasteiger partial charge in [-0.1, -0.05) is 23.5 Å². The molecule has 2 aromatic rings. The van der Waals surface area contributed by atoms with E-state index in [2.05, 4.69) is 0 Å². The summed E-state index contributed by atoms with van der Waals surface area (Å²) in [6.07, 6.45) is -0.201. The Bertz CT molecular complexity index is 673. The number of carbonyl (C=O) groups excluding carboxylic acids is 1. The average molecular weight is 292 g/mol. The molecular weight excluding hydrogens is 276 g/mol. The lowest BCUT2D eigenvalue weighted by atomic mass is 10.1. The minimum absolute atomic E-state index is 0.0926. The fourth-order valence-electron chi connectivity index (χ4n) is 1.83. The first kappa shape index (κ1) is 14.3. The number of thiazole rings is 1. The van der Waals surface area contributed by atoms with Crippen LogP contribution < -0.4 is 10.6 Å². The van der Waals surface area contributed by atoms with Gasteiger partial charge in [-0.15, -0.1) is 0 Å². The number of benzene rings is 1. The van der Waals surface area contributed by atoms with Gasteiger partial charge in [0.1, 0.15) is 6.54 Å². The summed E-state index contributed by atoms with van der Waals surface area (Å²) in [5.41, 5.74) is 7.83. The number of carbonyl (C=O) groups is 1. The Labute approximate surface area is 120 Å². The largest absolute Gasteiger partial charge is 0.462 e. The second kappa shape index (κ2) is 5.92. The van der Waals surface area contributed by atoms with Gasteiger partial charge in [-0.3, -0.25) is 14.2 Å². The van der Waals surface area contributed by atoms with Crippen molar-refractivity contribution >= 4 is 23.0 Å². The van der Waals surface area contributed by atoms with Gasteiger partial charge in [-0.05, 0) is 26.0 Å². The van der Waals surface area contributed by atoms with E-state index in [1.807, 2.05) is 12.1 Å². The van der Waals surface area contributed by atoms with Crippen LogP contribution in [0.15, 0.2) is 34.4 Å². The summed E-state index contributed by atoms with van der Waals surface area (Å²) < 4.78 is 6.48. The molecular formula is C14H16N2O3S. The topological polar surface area (TPSA) is 74.3 Å². The zero-order valence-corrected chi connectivity index (χ0v) is 12.1. The van der Waals surface area contributed by atoms with Gasteiger partial charge < -0.3 is 10.5 Å². The Kier molecular flexibility index (Phi) is 4.24. The fourth-order valence-corrected chi connectivity index (χ4v) is 2.60. The normalized spacial score (nSPS) is 10.8. The third-order valence-corrected chi connectivity index (χ3v) is 3.38. The molecule has 0 unspecified atom stereocenters. The predicted octanol–water partition coefficient (Wildman–Crippen LogP) is 2.11. The number of hydrogen-bond acceptors (Lipinski definition) is 5. The first-order valence-corrected chi connectivity index (χ1v) is 7.09. The maximum atomic E-state index is 11.9. The van der Waals surface area contributed by atoms with Crippen molar-refractivity contribution in [3.8, 4) is 11.3 Å². The lowest BCUT2D eigenvalue weighted by molar-refractivity contribution is -0.148. The van der Waals surface area contributed by atoms with Crippen LogP contribution in [0, 0.1) is 0 Å². The highest BCUT2D eigenvalue weighted by atomic mass is 32.1. The van der Waals surface area contributed by atoms with Crippen molar-refractivity contribution in [3.05, 3.63) is 39.3 Å². The van der Waals surface area contributed by atoms with Crippen LogP contribution in [0.3, 0.4) is 0 Å². The van der Waals surface area contributed by atoms with Crippen LogP contribution in [0.4, 0.5) is 5.69 Å². The smallest absolute Gasteiger partial charge is 0.326 e. The molecule has 0 spiro atoms. The number of ether oxygens (including phenoxy) is 1. The number of nitrogens with two attached hydrogens (primary N) is 1. The SMILES string of the molecule is CC(C)OC(=O)Cn1c(-c2cccc(N)c2)csc1=O. The Morgan fingerprint density at radius 3 is 2.85 bits per heavy atom. The second-order valence-corrected chi connectivity index (χ2v) is 5.46. The first-order valence-electron chi connectivity index (χ1n) is 6.21. The van der Waals surface area contributed by atoms with Gasteiger partial charge >= 0.3 is 10.8 Å². The molecule has 0 radical (unpaired) electrons. The van der Waals surface area contributed by atoms with Crippen molar-refractivity contribution in [3.63, 3.8) is 0 Å². The quantitative estimate of drug-likeness (QED) is 0.692. The summed E-state index contributed by atoms with van der Waals surface area (Å²) in [5.74, 6) is -0.425. The van der Waals surface area contributed by atoms with Crippen molar-refractivity contribution < 1.29 is 9.53 Å².